The highest BCUT2D eigenvalue weighted by Gasteiger charge is 2.17. The smallest absolute Gasteiger partial charge is 0.354 e. The number of H-pyrrole nitrogens is 1. The molecule has 3 heterocycles. The number of benzene rings is 2. The molecular weight excluding hydrogens is 509 g/mol. The van der Waals surface area contributed by atoms with Gasteiger partial charge in [-0.3, -0.25) is 9.69 Å². The van der Waals surface area contributed by atoms with E-state index < -0.39 is 5.97 Å². The Labute approximate surface area is 233 Å². The average Bonchev–Trinajstić information content (AvgIpc) is 3.38. The van der Waals surface area contributed by atoms with E-state index in [0.29, 0.717) is 34.7 Å². The van der Waals surface area contributed by atoms with Crippen molar-refractivity contribution in [2.45, 2.75) is 26.3 Å². The van der Waals surface area contributed by atoms with Gasteiger partial charge in [0, 0.05) is 61.1 Å². The van der Waals surface area contributed by atoms with Crippen molar-refractivity contribution in [3.8, 4) is 0 Å². The van der Waals surface area contributed by atoms with Crippen molar-refractivity contribution in [3.05, 3.63) is 94.1 Å². The second-order valence-corrected chi connectivity index (χ2v) is 10.4. The molecule has 1 fully saturated rings. The number of esters is 1. The third kappa shape index (κ3) is 6.38. The number of aromatic nitrogens is 2. The van der Waals surface area contributed by atoms with Crippen LogP contribution >= 0.6 is 0 Å². The molecule has 0 radical (unpaired) electrons. The van der Waals surface area contributed by atoms with E-state index >= 15 is 0 Å². The molecule has 9 heteroatoms. The first-order chi connectivity index (χ1) is 19.3. The third-order valence-corrected chi connectivity index (χ3v) is 7.53. The van der Waals surface area contributed by atoms with Gasteiger partial charge in [0.2, 0.25) is 0 Å². The number of aryl methyl sites for hydroxylation is 3. The van der Waals surface area contributed by atoms with E-state index in [1.165, 1.54) is 13.2 Å². The van der Waals surface area contributed by atoms with Gasteiger partial charge in [-0.15, -0.1) is 0 Å². The third-order valence-electron chi connectivity index (χ3n) is 7.53. The van der Waals surface area contributed by atoms with Gasteiger partial charge in [0.15, 0.2) is 0 Å². The Bertz CT molecular complexity index is 1540. The van der Waals surface area contributed by atoms with E-state index in [1.54, 1.807) is 24.4 Å². The number of nitrogens with zero attached hydrogens (tertiary/aromatic N) is 3. The maximum atomic E-state index is 14.9. The molecule has 4 aromatic rings. The van der Waals surface area contributed by atoms with Crippen LogP contribution in [-0.4, -0.2) is 72.0 Å². The molecule has 5 rings (SSSR count). The van der Waals surface area contributed by atoms with Crippen LogP contribution in [0, 0.1) is 12.7 Å². The second kappa shape index (κ2) is 12.0. The Morgan fingerprint density at radius 3 is 2.58 bits per heavy atom. The number of piperazine rings is 1. The number of pyridine rings is 1. The topological polar surface area (TPSA) is 90.6 Å². The van der Waals surface area contributed by atoms with E-state index in [9.17, 15) is 14.0 Å². The summed E-state index contributed by atoms with van der Waals surface area (Å²) < 4.78 is 19.6. The van der Waals surface area contributed by atoms with Gasteiger partial charge in [-0.1, -0.05) is 12.1 Å². The van der Waals surface area contributed by atoms with E-state index in [1.807, 2.05) is 31.2 Å². The molecule has 8 nitrogen and oxygen atoms in total. The largest absolute Gasteiger partial charge is 0.464 e. The molecule has 1 amide bonds. The fourth-order valence-electron chi connectivity index (χ4n) is 4.98. The number of nitrogens with one attached hydrogen (secondary N) is 2. The summed E-state index contributed by atoms with van der Waals surface area (Å²) in [5.41, 5.74) is 5.79. The lowest BCUT2D eigenvalue weighted by molar-refractivity contribution is 0.0595. The fraction of sp³-hybridized carbons (Fsp3) is 0.323. The van der Waals surface area contributed by atoms with Gasteiger partial charge in [-0.05, 0) is 79.9 Å². The summed E-state index contributed by atoms with van der Waals surface area (Å²) in [4.78, 5) is 36.6. The predicted molar refractivity (Wildman–Crippen MR) is 153 cm³/mol. The number of carbonyl (C=O) groups is 2. The van der Waals surface area contributed by atoms with Crippen molar-refractivity contribution in [3.63, 3.8) is 0 Å². The van der Waals surface area contributed by atoms with Crippen molar-refractivity contribution >= 4 is 28.6 Å². The molecule has 0 saturated carbocycles. The molecule has 1 aliphatic rings. The number of amides is 1. The van der Waals surface area contributed by atoms with Crippen LogP contribution in [0.3, 0.4) is 0 Å². The highest BCUT2D eigenvalue weighted by atomic mass is 19.1. The molecule has 0 unspecified atom stereocenters. The van der Waals surface area contributed by atoms with Crippen LogP contribution in [0.1, 0.15) is 43.1 Å². The molecule has 0 bridgehead atoms. The van der Waals surface area contributed by atoms with Crippen molar-refractivity contribution in [1.82, 2.24) is 19.8 Å². The summed E-state index contributed by atoms with van der Waals surface area (Å²) in [6.45, 7) is 6.33. The highest BCUT2D eigenvalue weighted by Crippen LogP contribution is 2.21. The molecule has 2 aromatic heterocycles. The van der Waals surface area contributed by atoms with E-state index in [-0.39, 0.29) is 11.7 Å². The summed E-state index contributed by atoms with van der Waals surface area (Å²) in [5, 5.41) is 3.76. The van der Waals surface area contributed by atoms with Crippen LogP contribution < -0.4 is 5.32 Å². The number of aromatic amines is 1. The number of hydrogen-bond donors (Lipinski definition) is 2. The van der Waals surface area contributed by atoms with Crippen molar-refractivity contribution in [1.29, 1.82) is 0 Å². The molecule has 0 atom stereocenters. The molecule has 0 spiro atoms. The molecule has 208 valence electrons. The van der Waals surface area contributed by atoms with Gasteiger partial charge < -0.3 is 19.9 Å². The van der Waals surface area contributed by atoms with Gasteiger partial charge >= 0.3 is 5.97 Å². The zero-order valence-corrected chi connectivity index (χ0v) is 23.1. The normalized spacial score (nSPS) is 14.4. The van der Waals surface area contributed by atoms with Crippen molar-refractivity contribution in [2.75, 3.05) is 45.7 Å². The molecule has 1 aliphatic heterocycles. The Balaban J connectivity index is 1.22. The van der Waals surface area contributed by atoms with Crippen LogP contribution in [0.2, 0.25) is 0 Å². The number of fused-ring (bicyclic) bond motifs is 1. The molecule has 2 aromatic carbocycles. The Kier molecular flexibility index (Phi) is 8.23. The Morgan fingerprint density at radius 1 is 1.02 bits per heavy atom. The molecule has 1 saturated heterocycles. The summed E-state index contributed by atoms with van der Waals surface area (Å²) in [7, 11) is 3.43. The van der Waals surface area contributed by atoms with Crippen molar-refractivity contribution in [2.24, 2.45) is 0 Å². The zero-order chi connectivity index (χ0) is 28.2. The maximum Gasteiger partial charge on any atom is 0.354 e. The number of carbonyl (C=O) groups excluding carboxylic acids is 2. The van der Waals surface area contributed by atoms with Crippen LogP contribution in [-0.2, 0) is 24.1 Å². The Hall–Kier alpha value is -4.08. The zero-order valence-electron chi connectivity index (χ0n) is 23.1. The molecule has 0 aliphatic carbocycles. The van der Waals surface area contributed by atoms with Crippen LogP contribution in [0.15, 0.2) is 54.7 Å². The lowest BCUT2D eigenvalue weighted by atomic mass is 10.00. The number of anilines is 1. The number of likely N-dealkylation sites (N-methyl/N-ethyl adjacent to an activating group) is 1. The fourth-order valence-corrected chi connectivity index (χ4v) is 4.98. The van der Waals surface area contributed by atoms with Crippen LogP contribution in [0.25, 0.3) is 11.0 Å². The quantitative estimate of drug-likeness (QED) is 0.316. The molecule has 2 N–H and O–H groups in total. The predicted octanol–water partition coefficient (Wildman–Crippen LogP) is 4.58. The van der Waals surface area contributed by atoms with Crippen LogP contribution in [0.4, 0.5) is 10.1 Å². The lowest BCUT2D eigenvalue weighted by Gasteiger charge is -2.32. The van der Waals surface area contributed by atoms with E-state index in [4.69, 9.17) is 4.74 Å². The van der Waals surface area contributed by atoms with Gasteiger partial charge in [-0.25, -0.2) is 14.2 Å². The van der Waals surface area contributed by atoms with Gasteiger partial charge in [-0.2, -0.15) is 0 Å². The van der Waals surface area contributed by atoms with Gasteiger partial charge in [0.1, 0.15) is 17.2 Å². The van der Waals surface area contributed by atoms with E-state index in [0.717, 1.165) is 61.1 Å². The summed E-state index contributed by atoms with van der Waals surface area (Å²) >= 11 is 0. The summed E-state index contributed by atoms with van der Waals surface area (Å²) in [5.74, 6) is -1.13. The number of ether oxygens (including phenoxy) is 1. The van der Waals surface area contributed by atoms with Crippen molar-refractivity contribution < 1.29 is 18.7 Å². The highest BCUT2D eigenvalue weighted by molar-refractivity contribution is 6.04. The SMILES string of the molecule is COC(=O)c1cc2cc(CCc3cc(NC(=O)c4ccc(CN5CCN(C)CC5)c(F)c4)ccc3C)cnc2[nH]1. The first-order valence-corrected chi connectivity index (χ1v) is 13.4. The Morgan fingerprint density at radius 2 is 1.82 bits per heavy atom. The first kappa shape index (κ1) is 27.5. The minimum Gasteiger partial charge on any atom is -0.464 e. The first-order valence-electron chi connectivity index (χ1n) is 13.4. The molecule has 40 heavy (non-hydrogen) atoms. The minimum atomic E-state index is -0.432. The van der Waals surface area contributed by atoms with Gasteiger partial charge in [0.25, 0.3) is 5.91 Å². The number of methoxy groups -OCH3 is 1. The number of rotatable bonds is 8. The van der Waals surface area contributed by atoms with E-state index in [2.05, 4.69) is 32.1 Å². The van der Waals surface area contributed by atoms with Gasteiger partial charge in [0.05, 0.1) is 7.11 Å². The minimum absolute atomic E-state index is 0.291. The molecular formula is C31H34FN5O3. The summed E-state index contributed by atoms with van der Waals surface area (Å²) in [6.07, 6.45) is 3.27. The average molecular weight is 544 g/mol. The number of halogens is 1. The number of hydrogen-bond acceptors (Lipinski definition) is 6. The van der Waals surface area contributed by atoms with Crippen LogP contribution in [0.5, 0.6) is 0 Å². The second-order valence-electron chi connectivity index (χ2n) is 10.4. The lowest BCUT2D eigenvalue weighted by Crippen LogP contribution is -2.44. The monoisotopic (exact) mass is 543 g/mol. The maximum absolute atomic E-state index is 14.9. The standard InChI is InChI=1S/C31H34FN5O3/c1-20-4-9-26(15-22(20)6-5-21-14-25-17-28(31(39)40-3)35-29(25)33-18-21)34-30(38)23-7-8-24(27(32)16-23)19-37-12-10-36(2)11-13-37/h4,7-9,14-18H,5-6,10-13,19H2,1-3H3,(H,33,35)(H,34,38). The summed E-state index contributed by atoms with van der Waals surface area (Å²) in [6, 6.07) is 14.3.